The molecule has 2 heterocycles. The number of sulfone groups is 1. The van der Waals surface area contributed by atoms with Gasteiger partial charge in [0.2, 0.25) is 5.91 Å². The Morgan fingerprint density at radius 1 is 1.21 bits per heavy atom. The number of carbonyl (C=O) groups excluding carboxylic acids is 2. The van der Waals surface area contributed by atoms with Crippen molar-refractivity contribution >= 4 is 21.7 Å². The highest BCUT2D eigenvalue weighted by atomic mass is 32.2. The average molecular weight is 421 g/mol. The molecule has 7 nitrogen and oxygen atoms in total. The normalized spacial score (nSPS) is 33.7. The van der Waals surface area contributed by atoms with Crippen LogP contribution in [0, 0.1) is 5.92 Å². The van der Waals surface area contributed by atoms with Gasteiger partial charge in [-0.3, -0.25) is 9.59 Å². The fourth-order valence-electron chi connectivity index (χ4n) is 4.88. The van der Waals surface area contributed by atoms with Gasteiger partial charge in [0.25, 0.3) is 5.91 Å². The summed E-state index contributed by atoms with van der Waals surface area (Å²) in [7, 11) is -1.28. The van der Waals surface area contributed by atoms with E-state index in [1.54, 1.807) is 18.0 Å². The lowest BCUT2D eigenvalue weighted by atomic mass is 9.77. The zero-order valence-electron chi connectivity index (χ0n) is 16.9. The molecule has 2 amide bonds. The summed E-state index contributed by atoms with van der Waals surface area (Å²) in [6.07, 6.45) is 3.11. The van der Waals surface area contributed by atoms with Crippen LogP contribution in [0.25, 0.3) is 0 Å². The van der Waals surface area contributed by atoms with Crippen LogP contribution in [0.15, 0.2) is 24.3 Å². The van der Waals surface area contributed by atoms with Gasteiger partial charge in [-0.05, 0) is 51.2 Å². The van der Waals surface area contributed by atoms with E-state index in [4.69, 9.17) is 4.74 Å². The smallest absolute Gasteiger partial charge is 0.257 e. The molecule has 0 unspecified atom stereocenters. The van der Waals surface area contributed by atoms with E-state index in [1.165, 1.54) is 0 Å². The Balaban J connectivity index is 1.44. The molecular weight excluding hydrogens is 392 g/mol. The number of amides is 2. The highest BCUT2D eigenvalue weighted by Crippen LogP contribution is 2.40. The minimum absolute atomic E-state index is 0.00913. The second-order valence-electron chi connectivity index (χ2n) is 9.11. The predicted molar refractivity (Wildman–Crippen MR) is 109 cm³/mol. The van der Waals surface area contributed by atoms with Crippen molar-refractivity contribution in [3.63, 3.8) is 0 Å². The molecule has 2 aliphatic heterocycles. The summed E-state index contributed by atoms with van der Waals surface area (Å²) in [4.78, 5) is 27.2. The second-order valence-corrected chi connectivity index (χ2v) is 11.3. The van der Waals surface area contributed by atoms with Crippen LogP contribution >= 0.6 is 0 Å². The fraction of sp³-hybridized carbons (Fsp3) is 0.619. The third kappa shape index (κ3) is 3.99. The summed E-state index contributed by atoms with van der Waals surface area (Å²) < 4.78 is 30.0. The monoisotopic (exact) mass is 420 g/mol. The number of hydrogen-bond acceptors (Lipinski definition) is 5. The SMILES string of the molecule is CN1CC2(CCC(C(=O)N[C@]3(C)CCS(=O)(=O)C3)CC2)Oc2ccccc2C1=O. The maximum Gasteiger partial charge on any atom is 0.257 e. The Morgan fingerprint density at radius 3 is 2.55 bits per heavy atom. The van der Waals surface area contributed by atoms with Crippen molar-refractivity contribution in [1.82, 2.24) is 10.2 Å². The van der Waals surface area contributed by atoms with E-state index < -0.39 is 21.0 Å². The van der Waals surface area contributed by atoms with E-state index in [1.807, 2.05) is 25.1 Å². The Morgan fingerprint density at radius 2 is 1.90 bits per heavy atom. The minimum Gasteiger partial charge on any atom is -0.485 e. The molecule has 8 heteroatoms. The van der Waals surface area contributed by atoms with Gasteiger partial charge in [-0.2, -0.15) is 0 Å². The zero-order valence-corrected chi connectivity index (χ0v) is 17.8. The predicted octanol–water partition coefficient (Wildman–Crippen LogP) is 1.77. The van der Waals surface area contributed by atoms with Crippen molar-refractivity contribution in [2.45, 2.75) is 50.2 Å². The lowest BCUT2D eigenvalue weighted by Gasteiger charge is -2.41. The van der Waals surface area contributed by atoms with E-state index in [9.17, 15) is 18.0 Å². The highest BCUT2D eigenvalue weighted by molar-refractivity contribution is 7.91. The number of carbonyl (C=O) groups is 2. The molecule has 0 radical (unpaired) electrons. The summed E-state index contributed by atoms with van der Waals surface area (Å²) in [5.74, 6) is 0.461. The van der Waals surface area contributed by atoms with Crippen molar-refractivity contribution < 1.29 is 22.7 Å². The van der Waals surface area contributed by atoms with Crippen LogP contribution in [0.3, 0.4) is 0 Å². The van der Waals surface area contributed by atoms with E-state index in [-0.39, 0.29) is 29.2 Å². The van der Waals surface area contributed by atoms with Crippen LogP contribution in [0.2, 0.25) is 0 Å². The van der Waals surface area contributed by atoms with Crippen molar-refractivity contribution in [3.05, 3.63) is 29.8 Å². The fourth-order valence-corrected chi connectivity index (χ4v) is 6.98. The summed E-state index contributed by atoms with van der Waals surface area (Å²) in [5.41, 5.74) is -0.591. The van der Waals surface area contributed by atoms with Crippen LogP contribution in [0.5, 0.6) is 5.75 Å². The van der Waals surface area contributed by atoms with E-state index in [0.717, 1.165) is 0 Å². The van der Waals surface area contributed by atoms with Gasteiger partial charge in [-0.1, -0.05) is 12.1 Å². The van der Waals surface area contributed by atoms with Gasteiger partial charge in [0, 0.05) is 13.0 Å². The third-order valence-electron chi connectivity index (χ3n) is 6.51. The van der Waals surface area contributed by atoms with Gasteiger partial charge in [0.05, 0.1) is 29.2 Å². The standard InChI is InChI=1S/C21H28N2O5S/c1-20(11-12-29(26,27)14-20)22-18(24)15-7-9-21(10-8-15)13-23(2)19(25)16-5-3-4-6-17(16)28-21/h3-6,15H,7-14H2,1-2H3,(H,22,24)/t15?,20-,21?/m1/s1. The minimum atomic E-state index is -3.07. The molecule has 1 aliphatic carbocycles. The Bertz CT molecular complexity index is 936. The quantitative estimate of drug-likeness (QED) is 0.787. The highest BCUT2D eigenvalue weighted by Gasteiger charge is 2.45. The molecule has 1 spiro atoms. The van der Waals surface area contributed by atoms with Crippen LogP contribution in [-0.4, -0.2) is 61.4 Å². The molecule has 0 bridgehead atoms. The van der Waals surface area contributed by atoms with Gasteiger partial charge >= 0.3 is 0 Å². The second kappa shape index (κ2) is 7.00. The van der Waals surface area contributed by atoms with E-state index >= 15 is 0 Å². The maximum absolute atomic E-state index is 12.8. The Kier molecular flexibility index (Phi) is 4.88. The topological polar surface area (TPSA) is 92.8 Å². The maximum atomic E-state index is 12.8. The number of para-hydroxylation sites is 1. The van der Waals surface area contributed by atoms with Crippen molar-refractivity contribution in [1.29, 1.82) is 0 Å². The van der Waals surface area contributed by atoms with Crippen molar-refractivity contribution in [3.8, 4) is 5.75 Å². The summed E-state index contributed by atoms with van der Waals surface area (Å²) >= 11 is 0. The Labute approximate surface area is 171 Å². The number of benzene rings is 1. The number of nitrogens with zero attached hydrogens (tertiary/aromatic N) is 1. The molecule has 29 heavy (non-hydrogen) atoms. The van der Waals surface area contributed by atoms with Crippen LogP contribution in [0.4, 0.5) is 0 Å². The van der Waals surface area contributed by atoms with Crippen molar-refractivity contribution in [2.24, 2.45) is 5.92 Å². The van der Waals surface area contributed by atoms with Crippen LogP contribution in [-0.2, 0) is 14.6 Å². The van der Waals surface area contributed by atoms with E-state index in [0.29, 0.717) is 50.0 Å². The first-order valence-corrected chi connectivity index (χ1v) is 12.0. The number of hydrogen-bond donors (Lipinski definition) is 1. The molecule has 1 N–H and O–H groups in total. The molecule has 3 aliphatic rings. The molecule has 158 valence electrons. The van der Waals surface area contributed by atoms with Crippen LogP contribution < -0.4 is 10.1 Å². The number of fused-ring (bicyclic) bond motifs is 1. The number of likely N-dealkylation sites (N-methyl/N-ethyl adjacent to an activating group) is 1. The summed E-state index contributed by atoms with van der Waals surface area (Å²) in [6.45, 7) is 2.30. The van der Waals surface area contributed by atoms with Gasteiger partial charge < -0.3 is 15.0 Å². The zero-order chi connectivity index (χ0) is 20.9. The largest absolute Gasteiger partial charge is 0.485 e. The summed E-state index contributed by atoms with van der Waals surface area (Å²) in [6, 6.07) is 7.30. The first-order valence-electron chi connectivity index (χ1n) is 10.2. The molecule has 4 rings (SSSR count). The number of ether oxygens (including phenoxy) is 1. The average Bonchev–Trinajstić information content (AvgIpc) is 2.89. The van der Waals surface area contributed by atoms with Gasteiger partial charge in [0.1, 0.15) is 11.4 Å². The summed E-state index contributed by atoms with van der Waals surface area (Å²) in [5, 5.41) is 2.99. The lowest BCUT2D eigenvalue weighted by molar-refractivity contribution is -0.129. The lowest BCUT2D eigenvalue weighted by Crippen LogP contribution is -2.52. The van der Waals surface area contributed by atoms with Gasteiger partial charge in [-0.15, -0.1) is 0 Å². The Hall–Kier alpha value is -2.09. The molecule has 1 aromatic rings. The van der Waals surface area contributed by atoms with Crippen molar-refractivity contribution in [2.75, 3.05) is 25.1 Å². The number of nitrogens with one attached hydrogen (secondary N) is 1. The molecular formula is C21H28N2O5S. The number of rotatable bonds is 2. The first-order chi connectivity index (χ1) is 13.6. The van der Waals surface area contributed by atoms with Gasteiger partial charge in [0.15, 0.2) is 9.84 Å². The molecule has 1 atom stereocenters. The molecule has 1 aromatic carbocycles. The first kappa shape index (κ1) is 20.2. The third-order valence-corrected chi connectivity index (χ3v) is 8.41. The molecule has 1 saturated heterocycles. The molecule has 0 aromatic heterocycles. The molecule has 2 fully saturated rings. The molecule has 1 saturated carbocycles. The van der Waals surface area contributed by atoms with Crippen LogP contribution in [0.1, 0.15) is 49.4 Å². The van der Waals surface area contributed by atoms with E-state index in [2.05, 4.69) is 5.32 Å². The van der Waals surface area contributed by atoms with Gasteiger partial charge in [-0.25, -0.2) is 8.42 Å².